The Balaban J connectivity index is 1.55. The van der Waals surface area contributed by atoms with Crippen molar-refractivity contribution in [3.05, 3.63) is 82.9 Å². The third kappa shape index (κ3) is 5.38. The van der Waals surface area contributed by atoms with Crippen molar-refractivity contribution in [3.63, 3.8) is 0 Å². The number of aromatic amines is 1. The topological polar surface area (TPSA) is 105 Å². The summed E-state index contributed by atoms with van der Waals surface area (Å²) in [6.07, 6.45) is -0.0574. The van der Waals surface area contributed by atoms with Gasteiger partial charge in [-0.05, 0) is 49.7 Å². The average molecular weight is 492 g/mol. The van der Waals surface area contributed by atoms with Gasteiger partial charge >= 0.3 is 6.03 Å². The highest BCUT2D eigenvalue weighted by atomic mass is 35.5. The van der Waals surface area contributed by atoms with Crippen LogP contribution in [0.3, 0.4) is 0 Å². The highest BCUT2D eigenvalue weighted by Crippen LogP contribution is 2.27. The Labute approximate surface area is 208 Å². The zero-order valence-corrected chi connectivity index (χ0v) is 20.4. The Morgan fingerprint density at radius 2 is 1.83 bits per heavy atom. The monoisotopic (exact) mass is 491 g/mol. The van der Waals surface area contributed by atoms with Crippen molar-refractivity contribution in [2.45, 2.75) is 26.5 Å². The van der Waals surface area contributed by atoms with Gasteiger partial charge in [-0.2, -0.15) is 0 Å². The first-order chi connectivity index (χ1) is 16.7. The van der Waals surface area contributed by atoms with Gasteiger partial charge in [0.2, 0.25) is 0 Å². The molecule has 0 radical (unpaired) electrons. The summed E-state index contributed by atoms with van der Waals surface area (Å²) in [6.45, 7) is 3.86. The molecule has 1 aromatic heterocycles. The molecule has 0 bridgehead atoms. The van der Waals surface area contributed by atoms with Crippen molar-refractivity contribution >= 4 is 34.6 Å². The third-order valence-corrected chi connectivity index (χ3v) is 5.67. The second-order valence-corrected chi connectivity index (χ2v) is 8.75. The molecule has 0 fully saturated rings. The van der Waals surface area contributed by atoms with Crippen LogP contribution in [-0.4, -0.2) is 45.1 Å². The lowest BCUT2D eigenvalue weighted by atomic mass is 10.2. The van der Waals surface area contributed by atoms with Crippen LogP contribution in [0.15, 0.2) is 66.7 Å². The van der Waals surface area contributed by atoms with Gasteiger partial charge in [0.05, 0.1) is 28.7 Å². The molecule has 9 heteroatoms. The Morgan fingerprint density at radius 3 is 2.49 bits per heavy atom. The fraction of sp³-hybridized carbons (Fsp3) is 0.192. The number of aromatic nitrogens is 2. The lowest BCUT2D eigenvalue weighted by molar-refractivity contribution is 0.0258. The maximum absolute atomic E-state index is 13.1. The van der Waals surface area contributed by atoms with Crippen molar-refractivity contribution in [1.29, 1.82) is 0 Å². The van der Waals surface area contributed by atoms with Gasteiger partial charge in [0.1, 0.15) is 11.6 Å². The van der Waals surface area contributed by atoms with Crippen LogP contribution >= 0.6 is 11.6 Å². The number of primary amides is 1. The van der Waals surface area contributed by atoms with Crippen molar-refractivity contribution in [1.82, 2.24) is 20.0 Å². The first-order valence-electron chi connectivity index (χ1n) is 11.1. The summed E-state index contributed by atoms with van der Waals surface area (Å²) < 4.78 is 5.62. The molecular formula is C26H26ClN5O3. The van der Waals surface area contributed by atoms with E-state index in [1.807, 2.05) is 62.4 Å². The zero-order valence-electron chi connectivity index (χ0n) is 19.7. The van der Waals surface area contributed by atoms with Gasteiger partial charge < -0.3 is 15.5 Å². The maximum Gasteiger partial charge on any atom is 0.334 e. The number of nitrogens with one attached hydrogen (secondary N) is 1. The van der Waals surface area contributed by atoms with Gasteiger partial charge in [-0.3, -0.25) is 4.79 Å². The third-order valence-electron chi connectivity index (χ3n) is 5.38. The summed E-state index contributed by atoms with van der Waals surface area (Å²) in [7, 11) is 1.49. The van der Waals surface area contributed by atoms with E-state index in [0.717, 1.165) is 28.0 Å². The summed E-state index contributed by atoms with van der Waals surface area (Å²) in [5.41, 5.74) is 9.28. The van der Waals surface area contributed by atoms with Crippen LogP contribution in [0.2, 0.25) is 5.02 Å². The SMILES string of the molecule is CC(C)Oc1ccc(C(=O)N(C)N(Cc2ccc3nc(-c4ccccc4)[nH]c3c2)C(N)=O)cc1Cl. The average Bonchev–Trinajstić information content (AvgIpc) is 3.26. The molecule has 4 rings (SSSR count). The maximum atomic E-state index is 13.1. The van der Waals surface area contributed by atoms with E-state index in [2.05, 4.69) is 9.97 Å². The molecule has 4 aromatic rings. The molecule has 3 amide bonds. The van der Waals surface area contributed by atoms with Crippen molar-refractivity contribution < 1.29 is 14.3 Å². The first kappa shape index (κ1) is 24.1. The minimum Gasteiger partial charge on any atom is -0.489 e. The van der Waals surface area contributed by atoms with Crippen molar-refractivity contribution in [2.24, 2.45) is 5.73 Å². The molecule has 0 aliphatic carbocycles. The van der Waals surface area contributed by atoms with Crippen LogP contribution in [0.4, 0.5) is 4.79 Å². The molecule has 180 valence electrons. The number of urea groups is 1. The lowest BCUT2D eigenvalue weighted by Gasteiger charge is -2.30. The van der Waals surface area contributed by atoms with Gasteiger partial charge in [-0.15, -0.1) is 0 Å². The number of imidazole rings is 1. The van der Waals surface area contributed by atoms with Crippen LogP contribution in [0.5, 0.6) is 5.75 Å². The number of carbonyl (C=O) groups is 2. The number of carbonyl (C=O) groups excluding carboxylic acids is 2. The first-order valence-corrected chi connectivity index (χ1v) is 11.5. The summed E-state index contributed by atoms with van der Waals surface area (Å²) in [5.74, 6) is 0.796. The van der Waals surface area contributed by atoms with Crippen LogP contribution in [-0.2, 0) is 6.54 Å². The van der Waals surface area contributed by atoms with E-state index in [1.165, 1.54) is 23.1 Å². The molecule has 0 aliphatic rings. The number of hydrogen-bond donors (Lipinski definition) is 2. The Morgan fingerprint density at radius 1 is 1.09 bits per heavy atom. The van der Waals surface area contributed by atoms with Crippen molar-refractivity contribution in [3.8, 4) is 17.1 Å². The summed E-state index contributed by atoms with van der Waals surface area (Å²) in [6, 6.07) is 19.4. The molecule has 0 saturated carbocycles. The fourth-order valence-electron chi connectivity index (χ4n) is 3.67. The molecule has 0 spiro atoms. The number of benzene rings is 3. The zero-order chi connectivity index (χ0) is 25.1. The van der Waals surface area contributed by atoms with Gasteiger partial charge in [-0.1, -0.05) is 48.0 Å². The molecular weight excluding hydrogens is 466 g/mol. The number of amides is 3. The number of hydrazine groups is 1. The van der Waals surface area contributed by atoms with Gasteiger partial charge in [0, 0.05) is 18.2 Å². The van der Waals surface area contributed by atoms with E-state index in [1.54, 1.807) is 12.1 Å². The normalized spacial score (nSPS) is 11.0. The minimum absolute atomic E-state index is 0.0574. The molecule has 8 nitrogen and oxygen atoms in total. The lowest BCUT2D eigenvalue weighted by Crippen LogP contribution is -2.49. The fourth-order valence-corrected chi connectivity index (χ4v) is 3.90. The Hall–Kier alpha value is -4.04. The van der Waals surface area contributed by atoms with Crippen molar-refractivity contribution in [2.75, 3.05) is 7.05 Å². The minimum atomic E-state index is -0.763. The molecule has 0 aliphatic heterocycles. The number of rotatable bonds is 6. The molecule has 0 unspecified atom stereocenters. The largest absolute Gasteiger partial charge is 0.489 e. The van der Waals surface area contributed by atoms with Crippen LogP contribution < -0.4 is 10.5 Å². The van der Waals surface area contributed by atoms with E-state index in [0.29, 0.717) is 16.3 Å². The highest BCUT2D eigenvalue weighted by molar-refractivity contribution is 6.32. The second-order valence-electron chi connectivity index (χ2n) is 8.34. The molecule has 3 aromatic carbocycles. The van der Waals surface area contributed by atoms with Crippen LogP contribution in [0.1, 0.15) is 29.8 Å². The van der Waals surface area contributed by atoms with E-state index in [-0.39, 0.29) is 12.6 Å². The number of halogens is 1. The number of nitrogens with two attached hydrogens (primary N) is 1. The van der Waals surface area contributed by atoms with Crippen LogP contribution in [0, 0.1) is 0 Å². The van der Waals surface area contributed by atoms with Gasteiger partial charge in [0.25, 0.3) is 5.91 Å². The summed E-state index contributed by atoms with van der Waals surface area (Å²) in [5, 5.41) is 2.66. The Bertz CT molecular complexity index is 1370. The predicted molar refractivity (Wildman–Crippen MR) is 136 cm³/mol. The van der Waals surface area contributed by atoms with E-state index < -0.39 is 11.9 Å². The molecule has 0 atom stereocenters. The summed E-state index contributed by atoms with van der Waals surface area (Å²) >= 11 is 6.29. The number of hydrogen-bond acceptors (Lipinski definition) is 4. The number of ether oxygens (including phenoxy) is 1. The standard InChI is InChI=1S/C26H26ClN5O3/c1-16(2)35-23-12-10-19(14-20(23)27)25(33)31(3)32(26(28)34)15-17-9-11-21-22(13-17)30-24(29-21)18-7-5-4-6-8-18/h4-14,16H,15H2,1-3H3,(H2,28,34)(H,29,30). The quantitative estimate of drug-likeness (QED) is 0.360. The Kier molecular flexibility index (Phi) is 6.93. The highest BCUT2D eigenvalue weighted by Gasteiger charge is 2.23. The number of nitrogens with zero attached hydrogens (tertiary/aromatic N) is 3. The molecule has 1 heterocycles. The molecule has 35 heavy (non-hydrogen) atoms. The molecule has 0 saturated heterocycles. The smallest absolute Gasteiger partial charge is 0.334 e. The number of H-pyrrole nitrogens is 1. The van der Waals surface area contributed by atoms with Gasteiger partial charge in [-0.25, -0.2) is 19.8 Å². The molecule has 3 N–H and O–H groups in total. The van der Waals surface area contributed by atoms with Crippen LogP contribution in [0.25, 0.3) is 22.4 Å². The number of fused-ring (bicyclic) bond motifs is 1. The van der Waals surface area contributed by atoms with E-state index in [4.69, 9.17) is 22.1 Å². The predicted octanol–water partition coefficient (Wildman–Crippen LogP) is 5.24. The van der Waals surface area contributed by atoms with E-state index >= 15 is 0 Å². The summed E-state index contributed by atoms with van der Waals surface area (Å²) in [4.78, 5) is 33.3. The van der Waals surface area contributed by atoms with E-state index in [9.17, 15) is 9.59 Å². The second kappa shape index (κ2) is 10.1. The van der Waals surface area contributed by atoms with Gasteiger partial charge in [0.15, 0.2) is 0 Å².